The molecule has 5 heteroatoms. The van der Waals surface area contributed by atoms with Gasteiger partial charge in [-0.05, 0) is 30.2 Å². The number of hydrogen-bond donors (Lipinski definition) is 3. The molecule has 124 valence electrons. The third-order valence-corrected chi connectivity index (χ3v) is 3.89. The fourth-order valence-corrected chi connectivity index (χ4v) is 2.56. The van der Waals surface area contributed by atoms with Gasteiger partial charge in [-0.25, -0.2) is 4.79 Å². The van der Waals surface area contributed by atoms with E-state index in [1.54, 1.807) is 12.1 Å². The number of urea groups is 1. The van der Waals surface area contributed by atoms with E-state index < -0.39 is 6.10 Å². The van der Waals surface area contributed by atoms with Crippen LogP contribution in [0.5, 0.6) is 0 Å². The molecule has 0 aliphatic heterocycles. The lowest BCUT2D eigenvalue weighted by molar-refractivity contribution is 0.147. The van der Waals surface area contributed by atoms with Crippen molar-refractivity contribution in [2.75, 3.05) is 13.1 Å². The van der Waals surface area contributed by atoms with Crippen molar-refractivity contribution in [3.8, 4) is 0 Å². The van der Waals surface area contributed by atoms with Gasteiger partial charge in [0, 0.05) is 12.0 Å². The molecule has 0 spiro atoms. The fraction of sp³-hybridized carbons (Fsp3) is 0.389. The van der Waals surface area contributed by atoms with Crippen LogP contribution in [0.25, 0.3) is 0 Å². The van der Waals surface area contributed by atoms with E-state index in [1.165, 1.54) is 17.4 Å². The second kappa shape index (κ2) is 7.33. The van der Waals surface area contributed by atoms with E-state index in [9.17, 15) is 9.90 Å². The van der Waals surface area contributed by atoms with Crippen LogP contribution in [0.3, 0.4) is 0 Å². The maximum atomic E-state index is 11.9. The molecular formula is C18H24N2O3. The summed E-state index contributed by atoms with van der Waals surface area (Å²) in [6, 6.07) is 11.2. The van der Waals surface area contributed by atoms with Crippen LogP contribution in [0.4, 0.5) is 4.79 Å². The number of amides is 2. The standard InChI is InChI=1S/C18H24N2O3/c1-13-7-4-5-8-14(13)18(2,3)12-20-17(22)19-11-15(21)16-9-6-10-23-16/h4-10,15,21H,11-12H2,1-3H3,(H2,19,20,22). The highest BCUT2D eigenvalue weighted by Gasteiger charge is 2.23. The molecule has 0 radical (unpaired) electrons. The number of benzene rings is 1. The number of nitrogens with one attached hydrogen (secondary N) is 2. The minimum atomic E-state index is -0.847. The first-order valence-electron chi connectivity index (χ1n) is 7.69. The number of carbonyl (C=O) groups is 1. The quantitative estimate of drug-likeness (QED) is 0.767. The van der Waals surface area contributed by atoms with Gasteiger partial charge in [0.05, 0.1) is 12.8 Å². The zero-order chi connectivity index (χ0) is 16.9. The monoisotopic (exact) mass is 316 g/mol. The first kappa shape index (κ1) is 17.1. The van der Waals surface area contributed by atoms with Gasteiger partial charge in [0.1, 0.15) is 11.9 Å². The molecule has 23 heavy (non-hydrogen) atoms. The zero-order valence-corrected chi connectivity index (χ0v) is 13.8. The summed E-state index contributed by atoms with van der Waals surface area (Å²) in [5.41, 5.74) is 2.23. The number of carbonyl (C=O) groups excluding carboxylic acids is 1. The number of aliphatic hydroxyl groups excluding tert-OH is 1. The molecule has 0 fully saturated rings. The Balaban J connectivity index is 1.83. The van der Waals surface area contributed by atoms with E-state index >= 15 is 0 Å². The summed E-state index contributed by atoms with van der Waals surface area (Å²) in [5, 5.41) is 15.4. The smallest absolute Gasteiger partial charge is 0.314 e. The summed E-state index contributed by atoms with van der Waals surface area (Å²) in [5.74, 6) is 0.436. The first-order valence-corrected chi connectivity index (χ1v) is 7.69. The Hall–Kier alpha value is -2.27. The lowest BCUT2D eigenvalue weighted by Crippen LogP contribution is -2.43. The number of aliphatic hydroxyl groups is 1. The van der Waals surface area contributed by atoms with Crippen LogP contribution >= 0.6 is 0 Å². The van der Waals surface area contributed by atoms with Gasteiger partial charge in [0.25, 0.3) is 0 Å². The van der Waals surface area contributed by atoms with Crippen LogP contribution in [0.15, 0.2) is 47.1 Å². The molecule has 5 nitrogen and oxygen atoms in total. The van der Waals surface area contributed by atoms with Crippen molar-refractivity contribution in [1.82, 2.24) is 10.6 Å². The molecule has 1 heterocycles. The minimum Gasteiger partial charge on any atom is -0.467 e. The Kier molecular flexibility index (Phi) is 5.45. The van der Waals surface area contributed by atoms with E-state index in [1.807, 2.05) is 12.1 Å². The maximum Gasteiger partial charge on any atom is 0.314 e. The lowest BCUT2D eigenvalue weighted by Gasteiger charge is -2.27. The molecule has 0 saturated carbocycles. The molecule has 0 aliphatic rings. The van der Waals surface area contributed by atoms with Gasteiger partial charge in [-0.15, -0.1) is 0 Å². The highest BCUT2D eigenvalue weighted by Crippen LogP contribution is 2.25. The second-order valence-corrected chi connectivity index (χ2v) is 6.29. The molecule has 0 aliphatic carbocycles. The van der Waals surface area contributed by atoms with Crippen LogP contribution in [0.1, 0.15) is 36.8 Å². The van der Waals surface area contributed by atoms with Crippen molar-refractivity contribution in [2.24, 2.45) is 0 Å². The SMILES string of the molecule is Cc1ccccc1C(C)(C)CNC(=O)NCC(O)c1ccco1. The zero-order valence-electron chi connectivity index (χ0n) is 13.8. The largest absolute Gasteiger partial charge is 0.467 e. The van der Waals surface area contributed by atoms with Crippen molar-refractivity contribution in [2.45, 2.75) is 32.3 Å². The average molecular weight is 316 g/mol. The van der Waals surface area contributed by atoms with Gasteiger partial charge >= 0.3 is 6.03 Å². The van der Waals surface area contributed by atoms with Crippen molar-refractivity contribution < 1.29 is 14.3 Å². The summed E-state index contributed by atoms with van der Waals surface area (Å²) in [7, 11) is 0. The molecule has 0 saturated heterocycles. The van der Waals surface area contributed by atoms with Crippen LogP contribution in [-0.4, -0.2) is 24.2 Å². The van der Waals surface area contributed by atoms with Gasteiger partial charge in [0.2, 0.25) is 0 Å². The van der Waals surface area contributed by atoms with Crippen LogP contribution in [0.2, 0.25) is 0 Å². The van der Waals surface area contributed by atoms with Crippen molar-refractivity contribution in [1.29, 1.82) is 0 Å². The van der Waals surface area contributed by atoms with Gasteiger partial charge < -0.3 is 20.2 Å². The van der Waals surface area contributed by atoms with E-state index in [2.05, 4.69) is 43.5 Å². The second-order valence-electron chi connectivity index (χ2n) is 6.29. The predicted molar refractivity (Wildman–Crippen MR) is 89.3 cm³/mol. The number of rotatable bonds is 6. The molecule has 3 N–H and O–H groups in total. The first-order chi connectivity index (χ1) is 10.9. The molecule has 2 amide bonds. The Morgan fingerprint density at radius 3 is 2.61 bits per heavy atom. The van der Waals surface area contributed by atoms with Gasteiger partial charge in [-0.2, -0.15) is 0 Å². The predicted octanol–water partition coefficient (Wildman–Crippen LogP) is 2.90. The van der Waals surface area contributed by atoms with Gasteiger partial charge in [0.15, 0.2) is 0 Å². The summed E-state index contributed by atoms with van der Waals surface area (Å²) < 4.78 is 5.09. The Labute approximate surface area is 136 Å². The van der Waals surface area contributed by atoms with Crippen LogP contribution in [-0.2, 0) is 5.41 Å². The fourth-order valence-electron chi connectivity index (χ4n) is 2.56. The van der Waals surface area contributed by atoms with E-state index in [0.29, 0.717) is 12.3 Å². The Bertz CT molecular complexity index is 635. The van der Waals surface area contributed by atoms with Crippen molar-refractivity contribution in [3.63, 3.8) is 0 Å². The highest BCUT2D eigenvalue weighted by molar-refractivity contribution is 5.74. The summed E-state index contributed by atoms with van der Waals surface area (Å²) in [4.78, 5) is 11.9. The molecule has 2 rings (SSSR count). The topological polar surface area (TPSA) is 74.5 Å². The number of hydrogen-bond acceptors (Lipinski definition) is 3. The molecule has 1 unspecified atom stereocenters. The number of aryl methyl sites for hydroxylation is 1. The van der Waals surface area contributed by atoms with E-state index in [0.717, 1.165) is 0 Å². The lowest BCUT2D eigenvalue weighted by atomic mass is 9.82. The van der Waals surface area contributed by atoms with Crippen LogP contribution < -0.4 is 10.6 Å². The molecule has 1 aromatic carbocycles. The summed E-state index contributed by atoms with van der Waals surface area (Å²) in [6.07, 6.45) is 0.642. The molecule has 1 atom stereocenters. The Morgan fingerprint density at radius 2 is 1.96 bits per heavy atom. The third-order valence-electron chi connectivity index (χ3n) is 3.89. The molecular weight excluding hydrogens is 292 g/mol. The summed E-state index contributed by atoms with van der Waals surface area (Å²) in [6.45, 7) is 6.85. The van der Waals surface area contributed by atoms with Crippen molar-refractivity contribution in [3.05, 3.63) is 59.5 Å². The van der Waals surface area contributed by atoms with Gasteiger partial charge in [-0.1, -0.05) is 38.1 Å². The highest BCUT2D eigenvalue weighted by atomic mass is 16.4. The third kappa shape index (κ3) is 4.60. The Morgan fingerprint density at radius 1 is 1.22 bits per heavy atom. The molecule has 1 aromatic heterocycles. The normalized spacial score (nSPS) is 12.7. The minimum absolute atomic E-state index is 0.101. The maximum absolute atomic E-state index is 11.9. The number of furan rings is 1. The van der Waals surface area contributed by atoms with Crippen LogP contribution in [0, 0.1) is 6.92 Å². The van der Waals surface area contributed by atoms with E-state index in [-0.39, 0.29) is 18.0 Å². The molecule has 2 aromatic rings. The summed E-state index contributed by atoms with van der Waals surface area (Å²) >= 11 is 0. The molecule has 0 bridgehead atoms. The average Bonchev–Trinajstić information content (AvgIpc) is 3.05. The van der Waals surface area contributed by atoms with Gasteiger partial charge in [-0.3, -0.25) is 0 Å². The van der Waals surface area contributed by atoms with Crippen molar-refractivity contribution >= 4 is 6.03 Å². The van der Waals surface area contributed by atoms with E-state index in [4.69, 9.17) is 4.42 Å².